The van der Waals surface area contributed by atoms with Crippen LogP contribution in [0.25, 0.3) is 0 Å². The number of hydrogen-bond acceptors (Lipinski definition) is 1. The van der Waals surface area contributed by atoms with Gasteiger partial charge in [-0.05, 0) is 36.2 Å². The third-order valence-electron chi connectivity index (χ3n) is 1.17. The highest BCUT2D eigenvalue weighted by Gasteiger charge is 1.82. The molecule has 0 spiro atoms. The van der Waals surface area contributed by atoms with E-state index in [2.05, 4.69) is 33.9 Å². The van der Waals surface area contributed by atoms with Gasteiger partial charge >= 0.3 is 0 Å². The van der Waals surface area contributed by atoms with Crippen LogP contribution in [0.5, 0.6) is 0 Å². The fraction of sp³-hybridized carbons (Fsp3) is 0.444. The van der Waals surface area contributed by atoms with Gasteiger partial charge in [0.2, 0.25) is 0 Å². The van der Waals surface area contributed by atoms with Gasteiger partial charge in [0.25, 0.3) is 0 Å². The molecular weight excluding hydrogens is 202 g/mol. The second-order valence-electron chi connectivity index (χ2n) is 2.19. The molecule has 1 nitrogen and oxygen atoms in total. The van der Waals surface area contributed by atoms with E-state index in [1.54, 1.807) is 0 Å². The molecule has 0 aliphatic heterocycles. The molecule has 0 aromatic carbocycles. The van der Waals surface area contributed by atoms with Crippen molar-refractivity contribution in [3.05, 3.63) is 22.3 Å². The Kier molecular flexibility index (Phi) is 6.13. The molecule has 0 unspecified atom stereocenters. The van der Waals surface area contributed by atoms with E-state index in [1.165, 1.54) is 0 Å². The van der Waals surface area contributed by atoms with E-state index >= 15 is 0 Å². The van der Waals surface area contributed by atoms with E-state index in [0.717, 1.165) is 16.6 Å². The lowest BCUT2D eigenvalue weighted by atomic mass is 10.4. The summed E-state index contributed by atoms with van der Waals surface area (Å²) in [6.45, 7) is 6.06. The molecule has 0 rings (SSSR count). The maximum Gasteiger partial charge on any atom is 0.0409 e. The first kappa shape index (κ1) is 10.6. The Morgan fingerprint density at radius 2 is 2.18 bits per heavy atom. The van der Waals surface area contributed by atoms with Crippen molar-refractivity contribution in [3.8, 4) is 0 Å². The maximum atomic E-state index is 4.21. The Balaban J connectivity index is 4.03. The van der Waals surface area contributed by atoms with Crippen LogP contribution in [0, 0.1) is 0 Å². The van der Waals surface area contributed by atoms with Crippen LogP contribution in [0.1, 0.15) is 27.2 Å². The van der Waals surface area contributed by atoms with Gasteiger partial charge in [-0.2, -0.15) is 0 Å². The van der Waals surface area contributed by atoms with Crippen LogP contribution < -0.4 is 0 Å². The number of aliphatic imine (C=N–C) groups is 1. The number of halogens is 1. The molecule has 2 heteroatoms. The first-order valence-electron chi connectivity index (χ1n) is 3.73. The monoisotopic (exact) mass is 215 g/mol. The zero-order valence-electron chi connectivity index (χ0n) is 7.26. The van der Waals surface area contributed by atoms with Crippen molar-refractivity contribution < 1.29 is 0 Å². The largest absolute Gasteiger partial charge is 0.261 e. The summed E-state index contributed by atoms with van der Waals surface area (Å²) in [4.78, 5) is 4.21. The van der Waals surface area contributed by atoms with E-state index in [9.17, 15) is 0 Å². The number of nitrogens with zero attached hydrogens (tertiary/aromatic N) is 1. The van der Waals surface area contributed by atoms with Gasteiger partial charge in [-0.1, -0.05) is 19.1 Å². The molecule has 0 saturated heterocycles. The molecule has 0 atom stereocenters. The number of allylic oxidation sites excluding steroid dienone is 4. The predicted molar refractivity (Wildman–Crippen MR) is 55.2 cm³/mol. The van der Waals surface area contributed by atoms with Crippen LogP contribution >= 0.6 is 15.9 Å². The van der Waals surface area contributed by atoms with E-state index < -0.39 is 0 Å². The first-order chi connectivity index (χ1) is 5.20. The fourth-order valence-electron chi connectivity index (χ4n) is 0.586. The molecule has 0 bridgehead atoms. The lowest BCUT2D eigenvalue weighted by Crippen LogP contribution is -1.74. The Labute approximate surface area is 77.0 Å². The predicted octanol–water partition coefficient (Wildman–Crippen LogP) is 3.67. The summed E-state index contributed by atoms with van der Waals surface area (Å²) in [7, 11) is 0. The van der Waals surface area contributed by atoms with Gasteiger partial charge < -0.3 is 0 Å². The highest BCUT2D eigenvalue weighted by molar-refractivity contribution is 9.12. The van der Waals surface area contributed by atoms with Crippen LogP contribution in [0.4, 0.5) is 0 Å². The van der Waals surface area contributed by atoms with Gasteiger partial charge in [0.05, 0.1) is 0 Å². The van der Waals surface area contributed by atoms with Crippen molar-refractivity contribution in [1.82, 2.24) is 0 Å². The van der Waals surface area contributed by atoms with Gasteiger partial charge in [-0.25, -0.2) is 0 Å². The second-order valence-corrected chi connectivity index (χ2v) is 3.10. The average molecular weight is 216 g/mol. The summed E-state index contributed by atoms with van der Waals surface area (Å²) in [5.41, 5.74) is 1.06. The molecule has 0 fully saturated rings. The van der Waals surface area contributed by atoms with Crippen molar-refractivity contribution in [3.63, 3.8) is 0 Å². The van der Waals surface area contributed by atoms with Crippen LogP contribution in [-0.4, -0.2) is 6.21 Å². The van der Waals surface area contributed by atoms with Gasteiger partial charge in [0, 0.05) is 16.4 Å². The third-order valence-corrected chi connectivity index (χ3v) is 1.83. The molecule has 0 amide bonds. The van der Waals surface area contributed by atoms with Gasteiger partial charge in [-0.15, -0.1) is 0 Å². The normalized spacial score (nSPS) is 14.5. The van der Waals surface area contributed by atoms with Crippen molar-refractivity contribution in [2.75, 3.05) is 0 Å². The zero-order valence-corrected chi connectivity index (χ0v) is 8.85. The lowest BCUT2D eigenvalue weighted by molar-refractivity contribution is 1.16. The second kappa shape index (κ2) is 6.35. The fourth-order valence-corrected chi connectivity index (χ4v) is 0.689. The van der Waals surface area contributed by atoms with Gasteiger partial charge in [0.15, 0.2) is 0 Å². The maximum absolute atomic E-state index is 4.21. The molecule has 0 aromatic rings. The zero-order chi connectivity index (χ0) is 8.69. The smallest absolute Gasteiger partial charge is 0.0409 e. The molecule has 0 heterocycles. The topological polar surface area (TPSA) is 12.4 Å². The highest BCUT2D eigenvalue weighted by Crippen LogP contribution is 2.02. The first-order valence-corrected chi connectivity index (χ1v) is 4.52. The Bertz CT molecular complexity index is 190. The molecule has 0 saturated carbocycles. The van der Waals surface area contributed by atoms with Crippen LogP contribution in [-0.2, 0) is 0 Å². The minimum Gasteiger partial charge on any atom is -0.261 e. The summed E-state index contributed by atoms with van der Waals surface area (Å²) in [5, 5.41) is 0. The summed E-state index contributed by atoms with van der Waals surface area (Å²) >= 11 is 3.34. The number of rotatable bonds is 3. The number of hydrogen-bond donors (Lipinski definition) is 0. The Morgan fingerprint density at radius 3 is 2.64 bits per heavy atom. The summed E-state index contributed by atoms with van der Waals surface area (Å²) in [6, 6.07) is 0. The van der Waals surface area contributed by atoms with Gasteiger partial charge in [0.1, 0.15) is 0 Å². The quantitative estimate of drug-likeness (QED) is 0.638. The van der Waals surface area contributed by atoms with Crippen molar-refractivity contribution in [1.29, 1.82) is 0 Å². The standard InChI is InChI=1S/C9H14BrN/c1-4-6-8(3)11-7-9(10)5-2/h5-7H,4H2,1-3H3/b8-6+,9-5+,11-7+. The minimum atomic E-state index is 1.02. The summed E-state index contributed by atoms with van der Waals surface area (Å²) in [5.74, 6) is 0. The van der Waals surface area contributed by atoms with Crippen LogP contribution in [0.15, 0.2) is 27.3 Å². The van der Waals surface area contributed by atoms with Gasteiger partial charge in [-0.3, -0.25) is 4.99 Å². The molecule has 0 aliphatic rings. The van der Waals surface area contributed by atoms with E-state index in [0.29, 0.717) is 0 Å². The molecule has 62 valence electrons. The average Bonchev–Trinajstić information content (AvgIpc) is 2.01. The van der Waals surface area contributed by atoms with Crippen molar-refractivity contribution in [2.45, 2.75) is 27.2 Å². The van der Waals surface area contributed by atoms with E-state index in [1.807, 2.05) is 26.1 Å². The molecular formula is C9H14BrN. The van der Waals surface area contributed by atoms with Crippen LogP contribution in [0.2, 0.25) is 0 Å². The van der Waals surface area contributed by atoms with E-state index in [-0.39, 0.29) is 0 Å². The van der Waals surface area contributed by atoms with Crippen LogP contribution in [0.3, 0.4) is 0 Å². The van der Waals surface area contributed by atoms with E-state index in [4.69, 9.17) is 0 Å². The van der Waals surface area contributed by atoms with Crippen molar-refractivity contribution >= 4 is 22.1 Å². The minimum absolute atomic E-state index is 1.02. The molecule has 0 aromatic heterocycles. The molecule has 0 aliphatic carbocycles. The SMILES string of the molecule is C\C=C(Br)/C=N/C(C)=C/CC. The third kappa shape index (κ3) is 6.05. The molecule has 0 N–H and O–H groups in total. The Hall–Kier alpha value is -0.370. The summed E-state index contributed by atoms with van der Waals surface area (Å²) in [6.07, 6.45) is 6.90. The molecule has 0 radical (unpaired) electrons. The van der Waals surface area contributed by atoms with Crippen molar-refractivity contribution in [2.24, 2.45) is 4.99 Å². The molecule has 11 heavy (non-hydrogen) atoms. The highest BCUT2D eigenvalue weighted by atomic mass is 79.9. The Morgan fingerprint density at radius 1 is 1.55 bits per heavy atom. The lowest BCUT2D eigenvalue weighted by Gasteiger charge is -1.89. The summed E-state index contributed by atoms with van der Waals surface area (Å²) < 4.78 is 1.02.